The van der Waals surface area contributed by atoms with Crippen molar-refractivity contribution in [3.05, 3.63) is 51.5 Å². The number of pyridine rings is 1. The second-order valence-electron chi connectivity index (χ2n) is 4.34. The summed E-state index contributed by atoms with van der Waals surface area (Å²) >= 11 is 1.47. The number of ether oxygens (including phenoxy) is 2. The Bertz CT molecular complexity index is 748. The van der Waals surface area contributed by atoms with Gasteiger partial charge in [-0.05, 0) is 36.1 Å². The van der Waals surface area contributed by atoms with Crippen LogP contribution in [0.15, 0.2) is 40.3 Å². The van der Waals surface area contributed by atoms with E-state index in [0.29, 0.717) is 11.8 Å². The quantitative estimate of drug-likeness (QED) is 0.646. The maximum atomic E-state index is 11.9. The average molecular weight is 300 g/mol. The number of hydrogen-bond donors (Lipinski definition) is 0. The first-order chi connectivity index (χ1) is 10.2. The smallest absolute Gasteiger partial charge is 0.363 e. The number of hydrogen-bond acceptors (Lipinski definition) is 6. The van der Waals surface area contributed by atoms with Crippen LogP contribution in [-0.2, 0) is 9.53 Å². The maximum Gasteiger partial charge on any atom is 0.363 e. The Labute approximate surface area is 125 Å². The summed E-state index contributed by atoms with van der Waals surface area (Å²) in [6.45, 7) is 1.85. The normalized spacial score (nSPS) is 16.0. The third kappa shape index (κ3) is 2.71. The van der Waals surface area contributed by atoms with Gasteiger partial charge in [-0.15, -0.1) is 11.3 Å². The number of aliphatic imine (C=N–C) groups is 1. The Morgan fingerprint density at radius 2 is 2.19 bits per heavy atom. The summed E-state index contributed by atoms with van der Waals surface area (Å²) < 4.78 is 10.2. The van der Waals surface area contributed by atoms with Crippen LogP contribution in [0.3, 0.4) is 0 Å². The van der Waals surface area contributed by atoms with Gasteiger partial charge >= 0.3 is 5.97 Å². The zero-order chi connectivity index (χ0) is 14.8. The summed E-state index contributed by atoms with van der Waals surface area (Å²) in [6.07, 6.45) is 1.67. The van der Waals surface area contributed by atoms with Crippen LogP contribution in [0.1, 0.15) is 16.1 Å². The molecule has 1 aliphatic rings. The molecule has 2 aromatic heterocycles. The molecule has 3 heterocycles. The minimum absolute atomic E-state index is 0.272. The van der Waals surface area contributed by atoms with E-state index in [-0.39, 0.29) is 5.70 Å². The molecule has 0 amide bonds. The lowest BCUT2D eigenvalue weighted by molar-refractivity contribution is -0.129. The molecule has 0 radical (unpaired) electrons. The third-order valence-corrected chi connectivity index (χ3v) is 3.81. The Morgan fingerprint density at radius 3 is 2.86 bits per heavy atom. The van der Waals surface area contributed by atoms with Gasteiger partial charge in [0.1, 0.15) is 0 Å². The summed E-state index contributed by atoms with van der Waals surface area (Å²) in [4.78, 5) is 21.2. The van der Waals surface area contributed by atoms with Gasteiger partial charge < -0.3 is 9.47 Å². The Kier molecular flexibility index (Phi) is 3.53. The van der Waals surface area contributed by atoms with Crippen molar-refractivity contribution in [1.29, 1.82) is 0 Å². The van der Waals surface area contributed by atoms with Crippen molar-refractivity contribution in [3.63, 3.8) is 0 Å². The van der Waals surface area contributed by atoms with Crippen molar-refractivity contribution in [2.75, 3.05) is 7.11 Å². The molecule has 106 valence electrons. The lowest BCUT2D eigenvalue weighted by Crippen LogP contribution is -2.03. The van der Waals surface area contributed by atoms with E-state index in [0.717, 1.165) is 16.1 Å². The number of thiophene rings is 1. The van der Waals surface area contributed by atoms with Crippen molar-refractivity contribution in [3.8, 4) is 5.88 Å². The molecule has 0 fully saturated rings. The van der Waals surface area contributed by atoms with Gasteiger partial charge in [0, 0.05) is 11.8 Å². The van der Waals surface area contributed by atoms with E-state index in [2.05, 4.69) is 9.98 Å². The Morgan fingerprint density at radius 1 is 1.33 bits per heavy atom. The van der Waals surface area contributed by atoms with Crippen LogP contribution in [0, 0.1) is 6.92 Å². The Hall–Kier alpha value is -2.47. The maximum absolute atomic E-state index is 11.9. The summed E-state index contributed by atoms with van der Waals surface area (Å²) in [5.41, 5.74) is 1.84. The highest BCUT2D eigenvalue weighted by Gasteiger charge is 2.24. The second-order valence-corrected chi connectivity index (χ2v) is 5.29. The van der Waals surface area contributed by atoms with Gasteiger partial charge in [-0.25, -0.2) is 14.8 Å². The predicted molar refractivity (Wildman–Crippen MR) is 80.5 cm³/mol. The molecule has 0 aliphatic carbocycles. The number of carbonyl (C=O) groups excluding carboxylic acids is 1. The molecule has 0 bridgehead atoms. The highest BCUT2D eigenvalue weighted by molar-refractivity contribution is 7.12. The van der Waals surface area contributed by atoms with Crippen molar-refractivity contribution in [2.24, 2.45) is 4.99 Å². The minimum Gasteiger partial charge on any atom is -0.481 e. The van der Waals surface area contributed by atoms with E-state index < -0.39 is 5.97 Å². The first-order valence-electron chi connectivity index (χ1n) is 6.25. The van der Waals surface area contributed by atoms with Crippen LogP contribution in [0.2, 0.25) is 0 Å². The topological polar surface area (TPSA) is 60.8 Å². The molecule has 0 spiro atoms. The van der Waals surface area contributed by atoms with Crippen LogP contribution < -0.4 is 4.74 Å². The highest BCUT2D eigenvalue weighted by atomic mass is 32.1. The van der Waals surface area contributed by atoms with E-state index in [9.17, 15) is 4.79 Å². The molecule has 0 atom stereocenters. The van der Waals surface area contributed by atoms with Gasteiger partial charge in [-0.2, -0.15) is 0 Å². The average Bonchev–Trinajstić information content (AvgIpc) is 3.11. The van der Waals surface area contributed by atoms with Crippen LogP contribution in [0.5, 0.6) is 5.88 Å². The SMILES string of the molecule is COc1ccc(C=C2N=C(c3cccs3)OC2=O)c(C)n1. The standard InChI is InChI=1S/C15H12N2O3S/c1-9-10(5-6-13(16-9)19-2)8-11-15(18)20-14(17-11)12-4-3-7-21-12/h3-8H,1-2H3. The van der Waals surface area contributed by atoms with Gasteiger partial charge in [0.25, 0.3) is 0 Å². The number of carbonyl (C=O) groups is 1. The van der Waals surface area contributed by atoms with Crippen LogP contribution in [-0.4, -0.2) is 24.0 Å². The van der Waals surface area contributed by atoms with E-state index >= 15 is 0 Å². The van der Waals surface area contributed by atoms with E-state index in [4.69, 9.17) is 9.47 Å². The van der Waals surface area contributed by atoms with Crippen LogP contribution in [0.25, 0.3) is 6.08 Å². The zero-order valence-corrected chi connectivity index (χ0v) is 12.3. The second kappa shape index (κ2) is 5.49. The number of aryl methyl sites for hydroxylation is 1. The first kappa shape index (κ1) is 13.5. The van der Waals surface area contributed by atoms with Crippen molar-refractivity contribution in [2.45, 2.75) is 6.92 Å². The molecular weight excluding hydrogens is 288 g/mol. The fourth-order valence-electron chi connectivity index (χ4n) is 1.88. The van der Waals surface area contributed by atoms with E-state index in [1.807, 2.05) is 30.5 Å². The van der Waals surface area contributed by atoms with E-state index in [1.165, 1.54) is 11.3 Å². The number of esters is 1. The highest BCUT2D eigenvalue weighted by Crippen LogP contribution is 2.22. The lowest BCUT2D eigenvalue weighted by atomic mass is 10.2. The molecule has 21 heavy (non-hydrogen) atoms. The fraction of sp³-hybridized carbons (Fsp3) is 0.133. The van der Waals surface area contributed by atoms with Gasteiger partial charge in [0.05, 0.1) is 12.0 Å². The summed E-state index contributed by atoms with van der Waals surface area (Å²) in [7, 11) is 1.56. The molecule has 6 heteroatoms. The molecule has 0 saturated heterocycles. The van der Waals surface area contributed by atoms with Crippen molar-refractivity contribution >= 4 is 29.3 Å². The van der Waals surface area contributed by atoms with Gasteiger partial charge in [0.15, 0.2) is 5.70 Å². The summed E-state index contributed by atoms with van der Waals surface area (Å²) in [5.74, 6) is 0.431. The molecule has 0 saturated carbocycles. The number of aromatic nitrogens is 1. The largest absolute Gasteiger partial charge is 0.481 e. The summed E-state index contributed by atoms with van der Waals surface area (Å²) in [6, 6.07) is 7.32. The number of rotatable bonds is 3. The molecular formula is C15H12N2O3S. The summed E-state index contributed by atoms with van der Waals surface area (Å²) in [5, 5.41) is 1.91. The molecule has 0 unspecified atom stereocenters. The van der Waals surface area contributed by atoms with Crippen molar-refractivity contribution in [1.82, 2.24) is 4.98 Å². The number of methoxy groups -OCH3 is 1. The third-order valence-electron chi connectivity index (χ3n) is 2.95. The predicted octanol–water partition coefficient (Wildman–Crippen LogP) is 2.80. The molecule has 1 aliphatic heterocycles. The lowest BCUT2D eigenvalue weighted by Gasteiger charge is -2.03. The number of cyclic esters (lactones) is 1. The van der Waals surface area contributed by atoms with Gasteiger partial charge in [-0.1, -0.05) is 6.07 Å². The monoisotopic (exact) mass is 300 g/mol. The molecule has 3 rings (SSSR count). The molecule has 0 N–H and O–H groups in total. The van der Waals surface area contributed by atoms with Crippen LogP contribution >= 0.6 is 11.3 Å². The zero-order valence-electron chi connectivity index (χ0n) is 11.5. The van der Waals surface area contributed by atoms with Gasteiger partial charge in [0.2, 0.25) is 11.8 Å². The Balaban J connectivity index is 1.94. The van der Waals surface area contributed by atoms with Crippen LogP contribution in [0.4, 0.5) is 0 Å². The van der Waals surface area contributed by atoms with Gasteiger partial charge in [-0.3, -0.25) is 0 Å². The molecule has 2 aromatic rings. The molecule has 0 aromatic carbocycles. The number of nitrogens with zero attached hydrogens (tertiary/aromatic N) is 2. The first-order valence-corrected chi connectivity index (χ1v) is 7.13. The molecule has 5 nitrogen and oxygen atoms in total. The van der Waals surface area contributed by atoms with Crippen molar-refractivity contribution < 1.29 is 14.3 Å². The fourth-order valence-corrected chi connectivity index (χ4v) is 2.53. The van der Waals surface area contributed by atoms with E-state index in [1.54, 1.807) is 19.3 Å². The minimum atomic E-state index is -0.450.